The first-order valence-corrected chi connectivity index (χ1v) is 8.42. The number of nitrogens with zero attached hydrogens (tertiary/aromatic N) is 3. The molecule has 7 nitrogen and oxygen atoms in total. The van der Waals surface area contributed by atoms with Gasteiger partial charge in [-0.25, -0.2) is 14.8 Å². The number of aromatic nitrogens is 3. The van der Waals surface area contributed by atoms with Crippen molar-refractivity contribution in [2.75, 3.05) is 23.7 Å². The van der Waals surface area contributed by atoms with E-state index in [9.17, 15) is 4.79 Å². The second-order valence-electron chi connectivity index (χ2n) is 6.04. The standard InChI is InChI=1S/C19H22N6O/c1-14-9-15(2)11-16(10-14)24-19(26)21-6-5-20-17-12-18(23-13-22-17)25-7-3-4-8-25/h3-4,7-13H,5-6H2,1-2H3,(H,20,22,23)(H2,21,24,26). The fourth-order valence-corrected chi connectivity index (χ4v) is 2.66. The third-order valence-electron chi connectivity index (χ3n) is 3.72. The molecule has 3 N–H and O–H groups in total. The number of hydrogen-bond acceptors (Lipinski definition) is 4. The lowest BCUT2D eigenvalue weighted by Crippen LogP contribution is -2.32. The van der Waals surface area contributed by atoms with Crippen LogP contribution in [0.1, 0.15) is 11.1 Å². The Morgan fingerprint density at radius 1 is 1.00 bits per heavy atom. The van der Waals surface area contributed by atoms with Gasteiger partial charge in [0.1, 0.15) is 18.0 Å². The number of rotatable bonds is 6. The molecule has 0 bridgehead atoms. The summed E-state index contributed by atoms with van der Waals surface area (Å²) < 4.78 is 1.91. The number of aryl methyl sites for hydroxylation is 2. The van der Waals surface area contributed by atoms with E-state index in [1.54, 1.807) is 0 Å². The van der Waals surface area contributed by atoms with Crippen molar-refractivity contribution < 1.29 is 4.79 Å². The van der Waals surface area contributed by atoms with E-state index >= 15 is 0 Å². The van der Waals surface area contributed by atoms with Crippen LogP contribution in [0.3, 0.4) is 0 Å². The molecule has 2 amide bonds. The van der Waals surface area contributed by atoms with E-state index in [4.69, 9.17) is 0 Å². The Labute approximate surface area is 152 Å². The molecule has 0 aliphatic heterocycles. The fourth-order valence-electron chi connectivity index (χ4n) is 2.66. The highest BCUT2D eigenvalue weighted by Crippen LogP contribution is 2.13. The summed E-state index contributed by atoms with van der Waals surface area (Å²) in [6, 6.07) is 11.4. The highest BCUT2D eigenvalue weighted by atomic mass is 16.2. The first kappa shape index (κ1) is 17.5. The summed E-state index contributed by atoms with van der Waals surface area (Å²) in [6.07, 6.45) is 5.36. The Bertz CT molecular complexity index is 855. The first-order valence-electron chi connectivity index (χ1n) is 8.42. The molecule has 0 saturated carbocycles. The summed E-state index contributed by atoms with van der Waals surface area (Å²) >= 11 is 0. The maximum Gasteiger partial charge on any atom is 0.319 e. The van der Waals surface area contributed by atoms with Crippen LogP contribution in [-0.2, 0) is 0 Å². The number of amides is 2. The number of hydrogen-bond donors (Lipinski definition) is 3. The molecule has 0 unspecified atom stereocenters. The van der Waals surface area contributed by atoms with E-state index < -0.39 is 0 Å². The van der Waals surface area contributed by atoms with Crippen LogP contribution in [0.25, 0.3) is 5.82 Å². The summed E-state index contributed by atoms with van der Waals surface area (Å²) in [7, 11) is 0. The second-order valence-corrected chi connectivity index (χ2v) is 6.04. The van der Waals surface area contributed by atoms with Gasteiger partial charge < -0.3 is 20.5 Å². The summed E-state index contributed by atoms with van der Waals surface area (Å²) in [5.74, 6) is 1.49. The van der Waals surface area contributed by atoms with E-state index in [1.165, 1.54) is 6.33 Å². The summed E-state index contributed by atoms with van der Waals surface area (Å²) in [5.41, 5.74) is 3.02. The number of carbonyl (C=O) groups is 1. The third-order valence-corrected chi connectivity index (χ3v) is 3.72. The Morgan fingerprint density at radius 2 is 1.73 bits per heavy atom. The van der Waals surface area contributed by atoms with Crippen LogP contribution in [0, 0.1) is 13.8 Å². The van der Waals surface area contributed by atoms with Gasteiger partial charge in [-0.15, -0.1) is 0 Å². The normalized spacial score (nSPS) is 10.4. The molecule has 3 rings (SSSR count). The van der Waals surface area contributed by atoms with Crippen molar-refractivity contribution in [1.82, 2.24) is 19.9 Å². The van der Waals surface area contributed by atoms with Crippen LogP contribution < -0.4 is 16.0 Å². The predicted octanol–water partition coefficient (Wildman–Crippen LogP) is 3.12. The predicted molar refractivity (Wildman–Crippen MR) is 103 cm³/mol. The smallest absolute Gasteiger partial charge is 0.319 e. The summed E-state index contributed by atoms with van der Waals surface area (Å²) in [4.78, 5) is 20.4. The van der Waals surface area contributed by atoms with E-state index in [0.717, 1.165) is 22.6 Å². The molecular formula is C19H22N6O. The topological polar surface area (TPSA) is 83.9 Å². The zero-order valence-corrected chi connectivity index (χ0v) is 14.9. The molecule has 26 heavy (non-hydrogen) atoms. The Morgan fingerprint density at radius 3 is 2.46 bits per heavy atom. The highest BCUT2D eigenvalue weighted by molar-refractivity contribution is 5.89. The van der Waals surface area contributed by atoms with Crippen molar-refractivity contribution in [1.29, 1.82) is 0 Å². The van der Waals surface area contributed by atoms with Gasteiger partial charge in [0.2, 0.25) is 0 Å². The number of nitrogens with one attached hydrogen (secondary N) is 3. The van der Waals surface area contributed by atoms with Crippen molar-refractivity contribution >= 4 is 17.5 Å². The average Bonchev–Trinajstić information content (AvgIpc) is 3.13. The lowest BCUT2D eigenvalue weighted by molar-refractivity contribution is 0.252. The molecule has 0 aliphatic rings. The molecule has 3 aromatic rings. The van der Waals surface area contributed by atoms with Crippen LogP contribution in [0.5, 0.6) is 0 Å². The maximum absolute atomic E-state index is 12.0. The molecule has 2 heterocycles. The average molecular weight is 350 g/mol. The molecule has 7 heteroatoms. The summed E-state index contributed by atoms with van der Waals surface area (Å²) in [6.45, 7) is 5.04. The van der Waals surface area contributed by atoms with Crippen molar-refractivity contribution in [2.24, 2.45) is 0 Å². The quantitative estimate of drug-likeness (QED) is 0.597. The van der Waals surface area contributed by atoms with Gasteiger partial charge in [-0.3, -0.25) is 0 Å². The van der Waals surface area contributed by atoms with Gasteiger partial charge in [-0.1, -0.05) is 6.07 Å². The molecule has 0 aliphatic carbocycles. The van der Waals surface area contributed by atoms with Gasteiger partial charge in [0.25, 0.3) is 0 Å². The highest BCUT2D eigenvalue weighted by Gasteiger charge is 2.03. The fraction of sp³-hybridized carbons (Fsp3) is 0.211. The molecule has 2 aromatic heterocycles. The number of carbonyl (C=O) groups excluding carboxylic acids is 1. The molecule has 0 saturated heterocycles. The minimum absolute atomic E-state index is 0.229. The van der Waals surface area contributed by atoms with E-state index in [2.05, 4.69) is 32.0 Å². The second kappa shape index (κ2) is 8.15. The van der Waals surface area contributed by atoms with Gasteiger partial charge in [0.05, 0.1) is 0 Å². The van der Waals surface area contributed by atoms with Crippen LogP contribution in [0.4, 0.5) is 16.3 Å². The van der Waals surface area contributed by atoms with Gasteiger partial charge in [-0.05, 0) is 49.2 Å². The van der Waals surface area contributed by atoms with E-state index in [0.29, 0.717) is 18.9 Å². The van der Waals surface area contributed by atoms with Crippen LogP contribution in [0.2, 0.25) is 0 Å². The van der Waals surface area contributed by atoms with Crippen molar-refractivity contribution in [2.45, 2.75) is 13.8 Å². The summed E-state index contributed by atoms with van der Waals surface area (Å²) in [5, 5.41) is 8.84. The van der Waals surface area contributed by atoms with Gasteiger partial charge in [0.15, 0.2) is 0 Å². The number of urea groups is 1. The Kier molecular flexibility index (Phi) is 5.48. The van der Waals surface area contributed by atoms with Gasteiger partial charge >= 0.3 is 6.03 Å². The third kappa shape index (κ3) is 4.83. The molecule has 0 spiro atoms. The van der Waals surface area contributed by atoms with E-state index in [-0.39, 0.29) is 6.03 Å². The van der Waals surface area contributed by atoms with Crippen molar-refractivity contribution in [3.63, 3.8) is 0 Å². The number of benzene rings is 1. The van der Waals surface area contributed by atoms with Crippen LogP contribution in [0.15, 0.2) is 55.1 Å². The minimum atomic E-state index is -0.229. The number of anilines is 2. The van der Waals surface area contributed by atoms with Crippen LogP contribution >= 0.6 is 0 Å². The Balaban J connectivity index is 1.45. The first-order chi connectivity index (χ1) is 12.6. The largest absolute Gasteiger partial charge is 0.368 e. The van der Waals surface area contributed by atoms with Gasteiger partial charge in [0, 0.05) is 37.2 Å². The molecule has 1 aromatic carbocycles. The van der Waals surface area contributed by atoms with Gasteiger partial charge in [-0.2, -0.15) is 0 Å². The molecule has 134 valence electrons. The monoisotopic (exact) mass is 350 g/mol. The van der Waals surface area contributed by atoms with E-state index in [1.807, 2.05) is 61.1 Å². The lowest BCUT2D eigenvalue weighted by atomic mass is 10.1. The molecule has 0 atom stereocenters. The zero-order chi connectivity index (χ0) is 18.4. The maximum atomic E-state index is 12.0. The zero-order valence-electron chi connectivity index (χ0n) is 14.9. The molecule has 0 radical (unpaired) electrons. The molecular weight excluding hydrogens is 328 g/mol. The van der Waals surface area contributed by atoms with Crippen molar-refractivity contribution in [3.05, 3.63) is 66.2 Å². The molecule has 0 fully saturated rings. The van der Waals surface area contributed by atoms with Crippen molar-refractivity contribution in [3.8, 4) is 5.82 Å². The lowest BCUT2D eigenvalue weighted by Gasteiger charge is -2.10. The Hall–Kier alpha value is -3.35. The van der Waals surface area contributed by atoms with Crippen LogP contribution in [-0.4, -0.2) is 33.7 Å². The SMILES string of the molecule is Cc1cc(C)cc(NC(=O)NCCNc2cc(-n3cccc3)ncn2)c1. The minimum Gasteiger partial charge on any atom is -0.368 e.